The molecule has 1 heterocycles. The Bertz CT molecular complexity index is 928. The number of benzene rings is 2. The maximum Gasteiger partial charge on any atom is 0.265 e. The zero-order chi connectivity index (χ0) is 17.7. The van der Waals surface area contributed by atoms with Crippen molar-refractivity contribution >= 4 is 32.9 Å². The lowest BCUT2D eigenvalue weighted by molar-refractivity contribution is 0.561. The predicted molar refractivity (Wildman–Crippen MR) is 100 cm³/mol. The molecule has 0 aromatic heterocycles. The largest absolute Gasteiger partial charge is 0.265 e. The Morgan fingerprint density at radius 1 is 1.00 bits per heavy atom. The van der Waals surface area contributed by atoms with Gasteiger partial charge in [0.1, 0.15) is 0 Å². The van der Waals surface area contributed by atoms with Crippen molar-refractivity contribution in [1.82, 2.24) is 0 Å². The first-order valence-corrected chi connectivity index (χ1v) is 9.56. The van der Waals surface area contributed by atoms with Crippen LogP contribution in [0, 0.1) is 6.92 Å². The van der Waals surface area contributed by atoms with E-state index in [0.717, 1.165) is 16.7 Å². The van der Waals surface area contributed by atoms with Crippen LogP contribution in [0.5, 0.6) is 0 Å². The number of anilines is 1. The number of hydrogen-bond donors (Lipinski definition) is 0. The highest BCUT2D eigenvalue weighted by Crippen LogP contribution is 2.42. The molecule has 0 unspecified atom stereocenters. The van der Waals surface area contributed by atoms with Crippen molar-refractivity contribution in [1.29, 1.82) is 0 Å². The molecule has 0 aliphatic carbocycles. The van der Waals surface area contributed by atoms with Gasteiger partial charge in [-0.1, -0.05) is 29.3 Å². The van der Waals surface area contributed by atoms with Crippen LogP contribution >= 0.6 is 11.6 Å². The van der Waals surface area contributed by atoms with Gasteiger partial charge in [-0.25, -0.2) is 8.42 Å². The van der Waals surface area contributed by atoms with Crippen LogP contribution in [0.4, 0.5) is 5.69 Å². The maximum absolute atomic E-state index is 13.3. The van der Waals surface area contributed by atoms with Crippen LogP contribution in [-0.2, 0) is 10.0 Å². The van der Waals surface area contributed by atoms with Gasteiger partial charge in [0, 0.05) is 10.6 Å². The minimum atomic E-state index is -3.71. The Kier molecular flexibility index (Phi) is 4.01. The summed E-state index contributed by atoms with van der Waals surface area (Å²) in [4.78, 5) is 0.236. The molecule has 0 fully saturated rings. The lowest BCUT2D eigenvalue weighted by Crippen LogP contribution is -2.48. The van der Waals surface area contributed by atoms with Crippen molar-refractivity contribution in [3.8, 4) is 0 Å². The molecule has 0 radical (unpaired) electrons. The fraction of sp³-hybridized carbons (Fsp3) is 0.263. The Morgan fingerprint density at radius 3 is 2.25 bits per heavy atom. The molecule has 126 valence electrons. The molecular formula is C19H20ClNO2S. The normalized spacial score (nSPS) is 16.5. The third kappa shape index (κ3) is 2.74. The minimum Gasteiger partial charge on any atom is -0.256 e. The summed E-state index contributed by atoms with van der Waals surface area (Å²) in [6.45, 7) is 7.84. The summed E-state index contributed by atoms with van der Waals surface area (Å²) in [5, 5.41) is 0.513. The van der Waals surface area contributed by atoms with E-state index in [4.69, 9.17) is 11.6 Å². The van der Waals surface area contributed by atoms with E-state index >= 15 is 0 Å². The fourth-order valence-corrected chi connectivity index (χ4v) is 5.18. The lowest BCUT2D eigenvalue weighted by atomic mass is 9.90. The Morgan fingerprint density at radius 2 is 1.62 bits per heavy atom. The number of fused-ring (bicyclic) bond motifs is 1. The molecule has 0 atom stereocenters. The number of rotatable bonds is 2. The molecule has 24 heavy (non-hydrogen) atoms. The maximum atomic E-state index is 13.3. The van der Waals surface area contributed by atoms with E-state index < -0.39 is 15.6 Å². The molecule has 3 nitrogen and oxygen atoms in total. The van der Waals surface area contributed by atoms with Crippen LogP contribution in [0.2, 0.25) is 5.02 Å². The number of halogens is 1. The number of aryl methyl sites for hydroxylation is 1. The van der Waals surface area contributed by atoms with E-state index in [1.165, 1.54) is 4.31 Å². The molecule has 0 amide bonds. The van der Waals surface area contributed by atoms with Crippen molar-refractivity contribution < 1.29 is 8.42 Å². The van der Waals surface area contributed by atoms with Crippen LogP contribution in [0.1, 0.15) is 31.9 Å². The van der Waals surface area contributed by atoms with Gasteiger partial charge in [-0.2, -0.15) is 0 Å². The fourth-order valence-electron chi connectivity index (χ4n) is 3.27. The van der Waals surface area contributed by atoms with E-state index in [0.29, 0.717) is 10.7 Å². The second-order valence-corrected chi connectivity index (χ2v) is 8.95. The zero-order valence-electron chi connectivity index (χ0n) is 14.2. The number of allylic oxidation sites excluding steroid dienone is 1. The highest BCUT2D eigenvalue weighted by molar-refractivity contribution is 7.93. The van der Waals surface area contributed by atoms with Crippen LogP contribution in [0.25, 0.3) is 5.57 Å². The van der Waals surface area contributed by atoms with Gasteiger partial charge < -0.3 is 0 Å². The molecule has 0 saturated heterocycles. The second kappa shape index (κ2) is 5.64. The van der Waals surface area contributed by atoms with Crippen LogP contribution in [0.3, 0.4) is 0 Å². The van der Waals surface area contributed by atoms with Gasteiger partial charge in [-0.3, -0.25) is 4.31 Å². The minimum absolute atomic E-state index is 0.236. The van der Waals surface area contributed by atoms with Gasteiger partial charge in [0.2, 0.25) is 0 Å². The van der Waals surface area contributed by atoms with Gasteiger partial charge in [0.05, 0.1) is 16.1 Å². The van der Waals surface area contributed by atoms with Crippen molar-refractivity contribution in [2.24, 2.45) is 0 Å². The summed E-state index contributed by atoms with van der Waals surface area (Å²) >= 11 is 5.90. The molecule has 1 aliphatic rings. The second-order valence-electron chi connectivity index (χ2n) is 6.72. The summed E-state index contributed by atoms with van der Waals surface area (Å²) in [5.41, 5.74) is 3.18. The van der Waals surface area contributed by atoms with E-state index in [1.54, 1.807) is 24.3 Å². The first-order chi connectivity index (χ1) is 11.1. The Balaban J connectivity index is 2.24. The Hall–Kier alpha value is -1.78. The molecule has 1 aliphatic heterocycles. The van der Waals surface area contributed by atoms with Crippen molar-refractivity contribution in [3.05, 3.63) is 64.7 Å². The average molecular weight is 362 g/mol. The standard InChI is InChI=1S/C19H20ClNO2S/c1-13-5-10-18-17(11-13)14(2)12-19(3,4)21(18)24(22,23)16-8-6-15(20)7-9-16/h5-12H,1-4H3. The van der Waals surface area contributed by atoms with Gasteiger partial charge >= 0.3 is 0 Å². The summed E-state index contributed by atoms with van der Waals surface area (Å²) in [5.74, 6) is 0. The van der Waals surface area contributed by atoms with Crippen molar-refractivity contribution in [2.45, 2.75) is 38.1 Å². The molecule has 2 aromatic carbocycles. The summed E-state index contributed by atoms with van der Waals surface area (Å²) in [6, 6.07) is 12.2. The molecule has 0 N–H and O–H groups in total. The SMILES string of the molecule is CC1=CC(C)(C)N(S(=O)(=O)c2ccc(Cl)cc2)c2ccc(C)cc21. The monoisotopic (exact) mass is 361 g/mol. The van der Waals surface area contributed by atoms with Crippen molar-refractivity contribution in [2.75, 3.05) is 4.31 Å². The first-order valence-electron chi connectivity index (χ1n) is 7.74. The van der Waals surface area contributed by atoms with E-state index in [9.17, 15) is 8.42 Å². The zero-order valence-corrected chi connectivity index (χ0v) is 15.7. The lowest BCUT2D eigenvalue weighted by Gasteiger charge is -2.42. The highest BCUT2D eigenvalue weighted by Gasteiger charge is 2.40. The molecule has 2 aromatic rings. The quantitative estimate of drug-likeness (QED) is 0.751. The molecular weight excluding hydrogens is 342 g/mol. The predicted octanol–water partition coefficient (Wildman–Crippen LogP) is 5.04. The third-order valence-electron chi connectivity index (χ3n) is 4.24. The molecule has 3 rings (SSSR count). The van der Waals surface area contributed by atoms with Crippen LogP contribution in [0.15, 0.2) is 53.4 Å². The molecule has 0 saturated carbocycles. The van der Waals surface area contributed by atoms with E-state index in [2.05, 4.69) is 0 Å². The van der Waals surface area contributed by atoms with Crippen LogP contribution < -0.4 is 4.31 Å². The van der Waals surface area contributed by atoms with Gasteiger partial charge in [0.15, 0.2) is 0 Å². The average Bonchev–Trinajstić information content (AvgIpc) is 2.47. The number of hydrogen-bond acceptors (Lipinski definition) is 2. The topological polar surface area (TPSA) is 37.4 Å². The van der Waals surface area contributed by atoms with E-state index in [-0.39, 0.29) is 4.90 Å². The summed E-state index contributed by atoms with van der Waals surface area (Å²) < 4.78 is 28.1. The smallest absolute Gasteiger partial charge is 0.256 e. The first kappa shape index (κ1) is 17.1. The highest BCUT2D eigenvalue weighted by atomic mass is 35.5. The van der Waals surface area contributed by atoms with Crippen molar-refractivity contribution in [3.63, 3.8) is 0 Å². The van der Waals surface area contributed by atoms with Gasteiger partial charge in [0.25, 0.3) is 10.0 Å². The van der Waals surface area contributed by atoms with Crippen LogP contribution in [-0.4, -0.2) is 14.0 Å². The van der Waals surface area contributed by atoms with Gasteiger partial charge in [-0.05, 0) is 69.7 Å². The third-order valence-corrected chi connectivity index (χ3v) is 6.51. The number of nitrogens with zero attached hydrogens (tertiary/aromatic N) is 1. The summed E-state index contributed by atoms with van der Waals surface area (Å²) in [6.07, 6.45) is 2.00. The van der Waals surface area contributed by atoms with Gasteiger partial charge in [-0.15, -0.1) is 0 Å². The molecule has 5 heteroatoms. The number of sulfonamides is 1. The molecule has 0 spiro atoms. The Labute approximate surface area is 148 Å². The summed E-state index contributed by atoms with van der Waals surface area (Å²) in [7, 11) is -3.71. The molecule has 0 bridgehead atoms. The van der Waals surface area contributed by atoms with E-state index in [1.807, 2.05) is 52.0 Å².